The second-order valence-corrected chi connectivity index (χ2v) is 6.76. The van der Waals surface area contributed by atoms with Crippen LogP contribution in [0.25, 0.3) is 0 Å². The number of hydrogen-bond acceptors (Lipinski definition) is 4. The first-order valence-electron chi connectivity index (χ1n) is 6.51. The van der Waals surface area contributed by atoms with Gasteiger partial charge in [-0.15, -0.1) is 0 Å². The molecule has 0 saturated heterocycles. The smallest absolute Gasteiger partial charge is 0.274 e. The van der Waals surface area contributed by atoms with E-state index in [0.29, 0.717) is 0 Å². The number of aryl methyl sites for hydroxylation is 1. The van der Waals surface area contributed by atoms with Crippen LogP contribution in [0.5, 0.6) is 0 Å². The van der Waals surface area contributed by atoms with Crippen molar-refractivity contribution < 1.29 is 13.2 Å². The number of carbonyl (C=O) groups is 1. The van der Waals surface area contributed by atoms with Crippen molar-refractivity contribution in [1.82, 2.24) is 4.98 Å². The molecule has 1 aromatic heterocycles. The van der Waals surface area contributed by atoms with Crippen molar-refractivity contribution in [3.8, 4) is 0 Å². The van der Waals surface area contributed by atoms with Crippen LogP contribution in [0.2, 0.25) is 0 Å². The fourth-order valence-corrected chi connectivity index (χ4v) is 2.90. The molecule has 21 heavy (non-hydrogen) atoms. The molecule has 1 amide bonds. The molecular weight excluding hydrogens is 288 g/mol. The fraction of sp³-hybridized carbons (Fsp3) is 0.200. The highest BCUT2D eigenvalue weighted by atomic mass is 32.2. The molecule has 110 valence electrons. The highest BCUT2D eigenvalue weighted by Gasteiger charge is 2.18. The van der Waals surface area contributed by atoms with Crippen molar-refractivity contribution in [2.45, 2.75) is 18.7 Å². The zero-order valence-corrected chi connectivity index (χ0v) is 12.6. The molecule has 1 N–H and O–H groups in total. The van der Waals surface area contributed by atoms with Gasteiger partial charge in [-0.05, 0) is 31.2 Å². The number of amides is 1. The Morgan fingerprint density at radius 2 is 1.86 bits per heavy atom. The Balaban J connectivity index is 2.35. The molecule has 0 aliphatic heterocycles. The summed E-state index contributed by atoms with van der Waals surface area (Å²) in [4.78, 5) is 16.4. The Morgan fingerprint density at radius 3 is 2.52 bits per heavy atom. The Morgan fingerprint density at radius 1 is 1.14 bits per heavy atom. The molecule has 0 atom stereocenters. The van der Waals surface area contributed by atoms with Gasteiger partial charge in [-0.2, -0.15) is 0 Å². The van der Waals surface area contributed by atoms with Crippen LogP contribution in [0.1, 0.15) is 23.1 Å². The normalized spacial score (nSPS) is 11.1. The second-order valence-electron chi connectivity index (χ2n) is 4.52. The van der Waals surface area contributed by atoms with Crippen LogP contribution in [0, 0.1) is 6.92 Å². The summed E-state index contributed by atoms with van der Waals surface area (Å²) in [6.07, 6.45) is 0. The largest absolute Gasteiger partial charge is 0.319 e. The van der Waals surface area contributed by atoms with Crippen molar-refractivity contribution in [3.05, 3.63) is 53.9 Å². The average Bonchev–Trinajstić information content (AvgIpc) is 2.47. The summed E-state index contributed by atoms with van der Waals surface area (Å²) in [6, 6.07) is 11.4. The fourth-order valence-electron chi connectivity index (χ4n) is 1.85. The molecule has 0 bridgehead atoms. The van der Waals surface area contributed by atoms with Gasteiger partial charge >= 0.3 is 0 Å². The molecule has 0 fully saturated rings. The average molecular weight is 304 g/mol. The minimum Gasteiger partial charge on any atom is -0.319 e. The van der Waals surface area contributed by atoms with Crippen LogP contribution in [-0.4, -0.2) is 25.1 Å². The van der Waals surface area contributed by atoms with Crippen LogP contribution in [0.4, 0.5) is 5.69 Å². The molecular formula is C15H16N2O3S. The van der Waals surface area contributed by atoms with E-state index in [-0.39, 0.29) is 22.0 Å². The maximum absolute atomic E-state index is 12.2. The van der Waals surface area contributed by atoms with Gasteiger partial charge in [-0.25, -0.2) is 13.4 Å². The Bertz CT molecular complexity index is 770. The lowest BCUT2D eigenvalue weighted by molar-refractivity contribution is 0.102. The molecule has 0 saturated carbocycles. The topological polar surface area (TPSA) is 76.1 Å². The van der Waals surface area contributed by atoms with Crippen LogP contribution < -0.4 is 5.32 Å². The summed E-state index contributed by atoms with van der Waals surface area (Å²) in [6.45, 7) is 3.35. The monoisotopic (exact) mass is 304 g/mol. The minimum atomic E-state index is -3.40. The number of aromatic nitrogens is 1. The molecule has 5 nitrogen and oxygen atoms in total. The summed E-state index contributed by atoms with van der Waals surface area (Å²) in [7, 11) is -3.40. The van der Waals surface area contributed by atoms with Gasteiger partial charge in [0.1, 0.15) is 5.69 Å². The Labute approximate surface area is 124 Å². The molecule has 2 rings (SSSR count). The summed E-state index contributed by atoms with van der Waals surface area (Å²) >= 11 is 0. The number of rotatable bonds is 4. The lowest BCUT2D eigenvalue weighted by Crippen LogP contribution is -2.16. The van der Waals surface area contributed by atoms with E-state index in [2.05, 4.69) is 10.3 Å². The maximum Gasteiger partial charge on any atom is 0.274 e. The lowest BCUT2D eigenvalue weighted by Gasteiger charge is -2.10. The van der Waals surface area contributed by atoms with Crippen LogP contribution in [0.3, 0.4) is 0 Å². The van der Waals surface area contributed by atoms with E-state index in [1.165, 1.54) is 6.07 Å². The summed E-state index contributed by atoms with van der Waals surface area (Å²) in [5.74, 6) is -0.458. The van der Waals surface area contributed by atoms with E-state index in [1.54, 1.807) is 50.2 Å². The number of hydrogen-bond donors (Lipinski definition) is 1. The second kappa shape index (κ2) is 6.05. The number of sulfone groups is 1. The molecule has 6 heteroatoms. The molecule has 2 aromatic rings. The van der Waals surface area contributed by atoms with E-state index in [9.17, 15) is 13.2 Å². The SMILES string of the molecule is CCS(=O)(=O)c1ccccc1NC(=O)c1cccc(C)n1. The van der Waals surface area contributed by atoms with Gasteiger partial charge in [0.2, 0.25) is 0 Å². The highest BCUT2D eigenvalue weighted by molar-refractivity contribution is 7.91. The van der Waals surface area contributed by atoms with Gasteiger partial charge in [0.05, 0.1) is 16.3 Å². The predicted molar refractivity (Wildman–Crippen MR) is 81.1 cm³/mol. The molecule has 0 aliphatic carbocycles. The highest BCUT2D eigenvalue weighted by Crippen LogP contribution is 2.22. The zero-order chi connectivity index (χ0) is 15.5. The minimum absolute atomic E-state index is 0.0252. The molecule has 0 aliphatic rings. The van der Waals surface area contributed by atoms with Gasteiger partial charge in [-0.3, -0.25) is 4.79 Å². The van der Waals surface area contributed by atoms with Crippen molar-refractivity contribution in [2.24, 2.45) is 0 Å². The molecule has 1 aromatic carbocycles. The summed E-state index contributed by atoms with van der Waals surface area (Å²) in [5.41, 5.74) is 1.24. The van der Waals surface area contributed by atoms with Crippen molar-refractivity contribution in [1.29, 1.82) is 0 Å². The number of nitrogens with one attached hydrogen (secondary N) is 1. The zero-order valence-electron chi connectivity index (χ0n) is 11.8. The standard InChI is InChI=1S/C15H16N2O3S/c1-3-21(19,20)14-10-5-4-8-12(14)17-15(18)13-9-6-7-11(2)16-13/h4-10H,3H2,1-2H3,(H,17,18). The first-order chi connectivity index (χ1) is 9.94. The number of anilines is 1. The molecule has 0 unspecified atom stereocenters. The van der Waals surface area contributed by atoms with Gasteiger partial charge in [-0.1, -0.05) is 25.1 Å². The van der Waals surface area contributed by atoms with E-state index >= 15 is 0 Å². The van der Waals surface area contributed by atoms with E-state index < -0.39 is 15.7 Å². The van der Waals surface area contributed by atoms with Gasteiger partial charge in [0.25, 0.3) is 5.91 Å². The first-order valence-corrected chi connectivity index (χ1v) is 8.16. The van der Waals surface area contributed by atoms with Crippen molar-refractivity contribution in [3.63, 3.8) is 0 Å². The third-order valence-electron chi connectivity index (χ3n) is 2.97. The van der Waals surface area contributed by atoms with Gasteiger partial charge < -0.3 is 5.32 Å². The van der Waals surface area contributed by atoms with Crippen molar-refractivity contribution >= 4 is 21.4 Å². The third-order valence-corrected chi connectivity index (χ3v) is 4.76. The molecule has 0 spiro atoms. The van der Waals surface area contributed by atoms with Crippen LogP contribution in [0.15, 0.2) is 47.4 Å². The number of para-hydroxylation sites is 1. The Kier molecular flexibility index (Phi) is 4.37. The summed E-state index contributed by atoms with van der Waals surface area (Å²) < 4.78 is 24.1. The number of carbonyl (C=O) groups excluding carboxylic acids is 1. The third kappa shape index (κ3) is 3.46. The van der Waals surface area contributed by atoms with Crippen LogP contribution in [-0.2, 0) is 9.84 Å². The van der Waals surface area contributed by atoms with Crippen molar-refractivity contribution in [2.75, 3.05) is 11.1 Å². The van der Waals surface area contributed by atoms with E-state index in [0.717, 1.165) is 5.69 Å². The Hall–Kier alpha value is -2.21. The first kappa shape index (κ1) is 15.2. The quantitative estimate of drug-likeness (QED) is 0.941. The number of benzene rings is 1. The van der Waals surface area contributed by atoms with E-state index in [1.807, 2.05) is 0 Å². The molecule has 1 heterocycles. The maximum atomic E-state index is 12.2. The lowest BCUT2D eigenvalue weighted by atomic mass is 10.2. The van der Waals surface area contributed by atoms with E-state index in [4.69, 9.17) is 0 Å². The summed E-state index contributed by atoms with van der Waals surface area (Å²) in [5, 5.41) is 2.61. The van der Waals surface area contributed by atoms with Gasteiger partial charge in [0.15, 0.2) is 9.84 Å². The number of nitrogens with zero attached hydrogens (tertiary/aromatic N) is 1. The number of pyridine rings is 1. The predicted octanol–water partition coefficient (Wildman–Crippen LogP) is 2.44. The van der Waals surface area contributed by atoms with Gasteiger partial charge in [0, 0.05) is 5.69 Å². The molecule has 0 radical (unpaired) electrons. The van der Waals surface area contributed by atoms with Crippen LogP contribution >= 0.6 is 0 Å².